The predicted molar refractivity (Wildman–Crippen MR) is 199 cm³/mol. The minimum absolute atomic E-state index is 0.0811. The Balaban J connectivity index is 1.16. The number of likely N-dealkylation sites (tertiary alicyclic amines) is 1. The van der Waals surface area contributed by atoms with Crippen molar-refractivity contribution in [2.75, 3.05) is 30.3 Å². The fourth-order valence-corrected chi connectivity index (χ4v) is 7.08. The second-order valence-electron chi connectivity index (χ2n) is 13.5. The topological polar surface area (TPSA) is 202 Å². The van der Waals surface area contributed by atoms with Crippen LogP contribution in [0.2, 0.25) is 0 Å². The number of imidazole rings is 2. The first kappa shape index (κ1) is 37.9. The number of anilines is 2. The maximum Gasteiger partial charge on any atom is 0.488 e. The highest BCUT2D eigenvalue weighted by molar-refractivity contribution is 6.58. The van der Waals surface area contributed by atoms with Crippen LogP contribution in [0.25, 0.3) is 27.8 Å². The Morgan fingerprint density at radius 3 is 2.25 bits per heavy atom. The Hall–Kier alpha value is -6.35. The predicted octanol–water partition coefficient (Wildman–Crippen LogP) is 3.08. The fraction of sp³-hybridized carbons (Fsp3) is 0.314. The highest BCUT2D eigenvalue weighted by Crippen LogP contribution is 2.36. The molecule has 6 aromatic rings. The standard InChI is InChI=1S/C35H36BF3N10O7/c1-4-20-15-47(31(50)42-18-35(37,38)39)16-22(20)28-13-40-29-14-41-30-25(49(28)29)9-10-48(30)32(51)43-23-11-26-27(46(3)34(53)45(26)2)12-24(23)44-33(52)56-17-19-5-7-21(8-6-19)36(54)55/h5-14,20,22,54-55H,4,15-18H2,1-3H3,(H,42,50)(H,43,51)(H,44,52)/t20-,22+/m1/s1. The van der Waals surface area contributed by atoms with Crippen LogP contribution in [0, 0.1) is 5.92 Å². The van der Waals surface area contributed by atoms with Crippen molar-refractivity contribution in [2.45, 2.75) is 32.0 Å². The first-order valence-corrected chi connectivity index (χ1v) is 17.5. The smallest absolute Gasteiger partial charge is 0.444 e. The number of hydrogen-bond acceptors (Lipinski definition) is 9. The lowest BCUT2D eigenvalue weighted by Gasteiger charge is -2.18. The van der Waals surface area contributed by atoms with Gasteiger partial charge in [0.05, 0.1) is 34.1 Å². The lowest BCUT2D eigenvalue weighted by molar-refractivity contribution is -0.123. The van der Waals surface area contributed by atoms with Gasteiger partial charge in [-0.05, 0) is 35.1 Å². The first-order valence-electron chi connectivity index (χ1n) is 17.5. The molecule has 17 nitrogen and oxygen atoms in total. The molecule has 7 rings (SSSR count). The summed E-state index contributed by atoms with van der Waals surface area (Å²) in [6.45, 7) is 0.752. The van der Waals surface area contributed by atoms with Gasteiger partial charge >= 0.3 is 37.1 Å². The van der Waals surface area contributed by atoms with Crippen molar-refractivity contribution in [2.24, 2.45) is 20.0 Å². The van der Waals surface area contributed by atoms with Gasteiger partial charge in [0.25, 0.3) is 0 Å². The van der Waals surface area contributed by atoms with Crippen LogP contribution in [0.15, 0.2) is 65.8 Å². The minimum Gasteiger partial charge on any atom is -0.444 e. The normalized spacial score (nSPS) is 15.8. The van der Waals surface area contributed by atoms with Crippen LogP contribution in [0.4, 0.5) is 38.9 Å². The average molecular weight is 777 g/mol. The van der Waals surface area contributed by atoms with Gasteiger partial charge in [-0.2, -0.15) is 13.2 Å². The third-order valence-electron chi connectivity index (χ3n) is 10.0. The van der Waals surface area contributed by atoms with Gasteiger partial charge in [0.2, 0.25) is 0 Å². The van der Waals surface area contributed by atoms with Gasteiger partial charge in [-0.25, -0.2) is 29.1 Å². The number of nitrogens with zero attached hydrogens (tertiary/aromatic N) is 7. The molecule has 2 atom stereocenters. The van der Waals surface area contributed by atoms with E-state index in [1.807, 2.05) is 16.6 Å². The zero-order chi connectivity index (χ0) is 40.1. The molecule has 1 fully saturated rings. The largest absolute Gasteiger partial charge is 0.488 e. The summed E-state index contributed by atoms with van der Waals surface area (Å²) in [5.41, 5.74) is 3.57. The molecular weight excluding hydrogens is 740 g/mol. The number of amides is 4. The third-order valence-corrected chi connectivity index (χ3v) is 10.0. The Morgan fingerprint density at radius 1 is 0.929 bits per heavy atom. The molecule has 1 aliphatic rings. The van der Waals surface area contributed by atoms with E-state index >= 15 is 0 Å². The van der Waals surface area contributed by atoms with Crippen molar-refractivity contribution in [1.29, 1.82) is 0 Å². The quantitative estimate of drug-likeness (QED) is 0.144. The van der Waals surface area contributed by atoms with Crippen molar-refractivity contribution in [3.8, 4) is 0 Å². The lowest BCUT2D eigenvalue weighted by atomic mass is 9.80. The molecule has 0 spiro atoms. The molecule has 4 amide bonds. The number of halogens is 3. The number of alkyl halides is 3. The monoisotopic (exact) mass is 776 g/mol. The number of carbonyl (C=O) groups excluding carboxylic acids is 3. The number of nitrogens with one attached hydrogen (secondary N) is 3. The number of benzene rings is 2. The first-order chi connectivity index (χ1) is 26.6. The molecule has 292 valence electrons. The maximum atomic E-state index is 14.0. The Kier molecular flexibility index (Phi) is 9.97. The Morgan fingerprint density at radius 2 is 1.61 bits per heavy atom. The summed E-state index contributed by atoms with van der Waals surface area (Å²) in [5, 5.41) is 26.0. The van der Waals surface area contributed by atoms with Crippen LogP contribution in [0.1, 0.15) is 30.5 Å². The molecule has 0 bridgehead atoms. The van der Waals surface area contributed by atoms with Crippen LogP contribution in [-0.2, 0) is 25.4 Å². The van der Waals surface area contributed by atoms with Crippen molar-refractivity contribution >= 4 is 70.0 Å². The van der Waals surface area contributed by atoms with Crippen LogP contribution in [0.5, 0.6) is 0 Å². The van der Waals surface area contributed by atoms with Crippen LogP contribution in [-0.4, -0.2) is 94.1 Å². The molecular formula is C35H36BF3N10O7. The number of aromatic nitrogens is 6. The number of hydrogen-bond donors (Lipinski definition) is 5. The molecule has 2 aromatic carbocycles. The van der Waals surface area contributed by atoms with Crippen molar-refractivity contribution in [3.05, 3.63) is 82.8 Å². The molecule has 4 aromatic heterocycles. The SMILES string of the molecule is CC[C@@H]1CN(C(=O)NCC(F)(F)F)C[C@@H]1c1cnc2cnc3c(ccn3C(=O)Nc3cc4c(cc3NC(=O)OCc3ccc(B(O)O)cc3)n(C)c(=O)n4C)n12. The van der Waals surface area contributed by atoms with Gasteiger partial charge in [-0.1, -0.05) is 37.6 Å². The van der Waals surface area contributed by atoms with E-state index in [1.165, 1.54) is 55.3 Å². The number of aryl methyl sites for hydroxylation is 2. The van der Waals surface area contributed by atoms with Crippen LogP contribution < -0.4 is 27.1 Å². The fourth-order valence-electron chi connectivity index (χ4n) is 7.08. The molecule has 1 aliphatic heterocycles. The summed E-state index contributed by atoms with van der Waals surface area (Å²) >= 11 is 0. The van der Waals surface area contributed by atoms with E-state index in [0.29, 0.717) is 39.9 Å². The molecule has 1 saturated heterocycles. The Bertz CT molecular complexity index is 2540. The Labute approximate surface area is 315 Å². The molecule has 5 heterocycles. The van der Waals surface area contributed by atoms with E-state index in [-0.39, 0.29) is 59.7 Å². The van der Waals surface area contributed by atoms with Crippen LogP contribution in [0.3, 0.4) is 0 Å². The average Bonchev–Trinajstić information content (AvgIpc) is 3.95. The summed E-state index contributed by atoms with van der Waals surface area (Å²) in [6.07, 6.45) is -0.153. The number of carbonyl (C=O) groups is 3. The minimum atomic E-state index is -4.54. The molecule has 0 unspecified atom stereocenters. The summed E-state index contributed by atoms with van der Waals surface area (Å²) in [5.74, 6) is -0.359. The summed E-state index contributed by atoms with van der Waals surface area (Å²) in [7, 11) is 1.49. The number of fused-ring (bicyclic) bond motifs is 4. The van der Waals surface area contributed by atoms with Gasteiger partial charge in [0.1, 0.15) is 13.2 Å². The zero-order valence-electron chi connectivity index (χ0n) is 30.2. The summed E-state index contributed by atoms with van der Waals surface area (Å²) in [6, 6.07) is 9.35. The van der Waals surface area contributed by atoms with E-state index in [4.69, 9.17) is 4.74 Å². The highest BCUT2D eigenvalue weighted by atomic mass is 19.4. The van der Waals surface area contributed by atoms with E-state index in [2.05, 4.69) is 20.6 Å². The van der Waals surface area contributed by atoms with Crippen molar-refractivity contribution < 1.29 is 42.3 Å². The van der Waals surface area contributed by atoms with Crippen LogP contribution >= 0.6 is 0 Å². The molecule has 21 heteroatoms. The lowest BCUT2D eigenvalue weighted by Crippen LogP contribution is -2.42. The highest BCUT2D eigenvalue weighted by Gasteiger charge is 2.38. The number of urea groups is 1. The molecule has 5 N–H and O–H groups in total. The second kappa shape index (κ2) is 14.7. The molecule has 0 radical (unpaired) electrons. The van der Waals surface area contributed by atoms with E-state index in [9.17, 15) is 42.4 Å². The third kappa shape index (κ3) is 7.25. The van der Waals surface area contributed by atoms with E-state index in [0.717, 1.165) is 0 Å². The van der Waals surface area contributed by atoms with E-state index in [1.54, 1.807) is 38.5 Å². The van der Waals surface area contributed by atoms with Gasteiger partial charge in [-0.3, -0.25) is 23.4 Å². The van der Waals surface area contributed by atoms with Gasteiger partial charge in [-0.15, -0.1) is 0 Å². The van der Waals surface area contributed by atoms with Gasteiger partial charge in [0, 0.05) is 51.2 Å². The van der Waals surface area contributed by atoms with Gasteiger partial charge in [0.15, 0.2) is 11.3 Å². The van der Waals surface area contributed by atoms with Crippen molar-refractivity contribution in [1.82, 2.24) is 38.3 Å². The second-order valence-corrected chi connectivity index (χ2v) is 13.5. The van der Waals surface area contributed by atoms with E-state index < -0.39 is 38.0 Å². The number of ether oxygens (including phenoxy) is 1. The van der Waals surface area contributed by atoms with Gasteiger partial charge < -0.3 is 30.3 Å². The number of rotatable bonds is 8. The molecule has 56 heavy (non-hydrogen) atoms. The summed E-state index contributed by atoms with van der Waals surface area (Å²) < 4.78 is 49.6. The molecule has 0 saturated carbocycles. The molecule has 0 aliphatic carbocycles. The maximum absolute atomic E-state index is 14.0. The summed E-state index contributed by atoms with van der Waals surface area (Å²) in [4.78, 5) is 62.8. The van der Waals surface area contributed by atoms with Crippen molar-refractivity contribution in [3.63, 3.8) is 0 Å². The zero-order valence-corrected chi connectivity index (χ0v) is 30.2.